The van der Waals surface area contributed by atoms with Gasteiger partial charge in [0.05, 0.1) is 20.3 Å². The maximum Gasteiger partial charge on any atom is 0.410 e. The molecule has 1 aromatic carbocycles. The zero-order valence-electron chi connectivity index (χ0n) is 17.5. The molecule has 0 saturated heterocycles. The number of fused-ring (bicyclic) bond motifs is 1. The Morgan fingerprint density at radius 2 is 1.77 bits per heavy atom. The van der Waals surface area contributed by atoms with Crippen molar-refractivity contribution in [1.82, 2.24) is 0 Å². The highest BCUT2D eigenvalue weighted by Gasteiger charge is 2.62. The predicted molar refractivity (Wildman–Crippen MR) is 108 cm³/mol. The van der Waals surface area contributed by atoms with Crippen LogP contribution < -0.4 is 9.16 Å². The first kappa shape index (κ1) is 21.0. The van der Waals surface area contributed by atoms with E-state index in [9.17, 15) is 0 Å². The molecule has 0 fully saturated rings. The van der Waals surface area contributed by atoms with Crippen LogP contribution in [0.15, 0.2) is 18.2 Å². The molecule has 0 aliphatic carbocycles. The van der Waals surface area contributed by atoms with Gasteiger partial charge in [-0.15, -0.1) is 0 Å². The highest BCUT2D eigenvalue weighted by Crippen LogP contribution is 2.56. The minimum absolute atomic E-state index is 0.0500. The van der Waals surface area contributed by atoms with Gasteiger partial charge in [0.25, 0.3) is 0 Å². The first-order chi connectivity index (χ1) is 12.0. The van der Waals surface area contributed by atoms with Gasteiger partial charge in [-0.1, -0.05) is 59.8 Å². The second kappa shape index (κ2) is 7.37. The Hall–Kier alpha value is -1.30. The van der Waals surface area contributed by atoms with Crippen LogP contribution in [0.25, 0.3) is 0 Å². The Morgan fingerprint density at radius 3 is 2.27 bits per heavy atom. The van der Waals surface area contributed by atoms with Crippen molar-refractivity contribution in [1.29, 1.82) is 0 Å². The van der Waals surface area contributed by atoms with Gasteiger partial charge < -0.3 is 18.7 Å². The van der Waals surface area contributed by atoms with Crippen molar-refractivity contribution >= 4 is 8.56 Å². The highest BCUT2D eigenvalue weighted by atomic mass is 28.4. The molecule has 0 amide bonds. The molecule has 1 aliphatic heterocycles. The van der Waals surface area contributed by atoms with Gasteiger partial charge in [0, 0.05) is 15.6 Å². The van der Waals surface area contributed by atoms with Gasteiger partial charge >= 0.3 is 8.56 Å². The molecule has 146 valence electrons. The molecule has 0 atom stereocenters. The van der Waals surface area contributed by atoms with Gasteiger partial charge in [-0.3, -0.25) is 0 Å². The van der Waals surface area contributed by atoms with Crippen LogP contribution in [0, 0.1) is 6.92 Å². The quantitative estimate of drug-likeness (QED) is 0.588. The van der Waals surface area contributed by atoms with E-state index in [0.29, 0.717) is 6.61 Å². The number of methoxy groups -OCH3 is 1. The molecule has 1 N–H and O–H groups in total. The van der Waals surface area contributed by atoms with Crippen LogP contribution in [0.1, 0.15) is 58.2 Å². The minimum Gasteiger partial charge on any atom is -0.516 e. The number of ether oxygens (including phenoxy) is 1. The van der Waals surface area contributed by atoms with E-state index in [1.807, 2.05) is 6.08 Å². The summed E-state index contributed by atoms with van der Waals surface area (Å²) >= 11 is 0. The summed E-state index contributed by atoms with van der Waals surface area (Å²) in [6, 6.07) is 2.13. The molecule has 2 rings (SSSR count). The lowest BCUT2D eigenvalue weighted by atomic mass is 9.99. The zero-order chi connectivity index (χ0) is 19.8. The van der Waals surface area contributed by atoms with E-state index in [4.69, 9.17) is 18.7 Å². The van der Waals surface area contributed by atoms with Gasteiger partial charge in [0.2, 0.25) is 0 Å². The average Bonchev–Trinajstić information content (AvgIpc) is 2.52. The van der Waals surface area contributed by atoms with Crippen LogP contribution in [0.5, 0.6) is 11.5 Å². The molecule has 0 spiro atoms. The first-order valence-electron chi connectivity index (χ1n) is 9.26. The normalized spacial score (nSPS) is 17.1. The SMILES string of the molecule is COc1c(C)cc(C/C=C/CO)c2c1O[Si](C(C)(C)C)(C(C)(C)C)OC2. The second-order valence-corrected chi connectivity index (χ2v) is 13.8. The lowest BCUT2D eigenvalue weighted by Crippen LogP contribution is -2.61. The number of hydrogen-bond donors (Lipinski definition) is 1. The molecule has 1 heterocycles. The van der Waals surface area contributed by atoms with Crippen LogP contribution in [-0.2, 0) is 17.5 Å². The van der Waals surface area contributed by atoms with Crippen molar-refractivity contribution < 1.29 is 18.7 Å². The smallest absolute Gasteiger partial charge is 0.410 e. The molecule has 0 unspecified atom stereocenters. The van der Waals surface area contributed by atoms with Crippen LogP contribution in [0.2, 0.25) is 10.1 Å². The third-order valence-electron chi connectivity index (χ3n) is 5.07. The summed E-state index contributed by atoms with van der Waals surface area (Å²) in [7, 11) is -0.908. The Labute approximate surface area is 159 Å². The number of benzene rings is 1. The molecular weight excluding hydrogens is 344 g/mol. The molecule has 1 aliphatic rings. The fourth-order valence-electron chi connectivity index (χ4n) is 4.07. The highest BCUT2D eigenvalue weighted by molar-refractivity contribution is 6.74. The van der Waals surface area contributed by atoms with Crippen LogP contribution in [-0.4, -0.2) is 27.4 Å². The number of aliphatic hydroxyl groups excluding tert-OH is 1. The van der Waals surface area contributed by atoms with Gasteiger partial charge in [0.15, 0.2) is 11.5 Å². The molecule has 5 heteroatoms. The van der Waals surface area contributed by atoms with E-state index >= 15 is 0 Å². The predicted octanol–water partition coefficient (Wildman–Crippen LogP) is 5.05. The molecule has 4 nitrogen and oxygen atoms in total. The van der Waals surface area contributed by atoms with Crippen molar-refractivity contribution in [3.05, 3.63) is 34.9 Å². The van der Waals surface area contributed by atoms with E-state index in [-0.39, 0.29) is 16.7 Å². The third kappa shape index (κ3) is 3.57. The summed E-state index contributed by atoms with van der Waals surface area (Å²) in [5.41, 5.74) is 3.28. The molecule has 0 saturated carbocycles. The number of aliphatic hydroxyl groups is 1. The lowest BCUT2D eigenvalue weighted by Gasteiger charge is -2.51. The molecular formula is C21H34O4Si. The number of rotatable bonds is 4. The van der Waals surface area contributed by atoms with Crippen molar-refractivity contribution in [2.45, 2.75) is 71.6 Å². The summed E-state index contributed by atoms with van der Waals surface area (Å²) < 4.78 is 19.1. The fraction of sp³-hybridized carbons (Fsp3) is 0.619. The van der Waals surface area contributed by atoms with E-state index in [2.05, 4.69) is 54.5 Å². The Kier molecular flexibility index (Phi) is 5.95. The Morgan fingerprint density at radius 1 is 1.15 bits per heavy atom. The first-order valence-corrected chi connectivity index (χ1v) is 11.1. The van der Waals surface area contributed by atoms with E-state index in [1.165, 1.54) is 0 Å². The van der Waals surface area contributed by atoms with Crippen molar-refractivity contribution in [2.75, 3.05) is 13.7 Å². The number of aryl methyl sites for hydroxylation is 1. The summed E-state index contributed by atoms with van der Waals surface area (Å²) in [5.74, 6) is 1.66. The summed E-state index contributed by atoms with van der Waals surface area (Å²) in [6.07, 6.45) is 4.48. The van der Waals surface area contributed by atoms with Crippen molar-refractivity contribution in [3.8, 4) is 11.5 Å². The Bertz CT molecular complexity index is 667. The van der Waals surface area contributed by atoms with Gasteiger partial charge in [-0.2, -0.15) is 0 Å². The molecule has 0 bridgehead atoms. The second-order valence-electron chi connectivity index (χ2n) is 9.06. The average molecular weight is 379 g/mol. The maximum atomic E-state index is 9.02. The minimum atomic E-state index is -2.61. The lowest BCUT2D eigenvalue weighted by molar-refractivity contribution is 0.152. The van der Waals surface area contributed by atoms with E-state index in [0.717, 1.165) is 34.6 Å². The molecule has 1 aromatic rings. The largest absolute Gasteiger partial charge is 0.516 e. The van der Waals surface area contributed by atoms with Gasteiger partial charge in [0.1, 0.15) is 0 Å². The van der Waals surface area contributed by atoms with E-state index in [1.54, 1.807) is 13.2 Å². The molecule has 0 aromatic heterocycles. The monoisotopic (exact) mass is 378 g/mol. The van der Waals surface area contributed by atoms with Crippen molar-refractivity contribution in [3.63, 3.8) is 0 Å². The molecule has 26 heavy (non-hydrogen) atoms. The number of hydrogen-bond acceptors (Lipinski definition) is 4. The summed E-state index contributed by atoms with van der Waals surface area (Å²) in [6.45, 7) is 15.9. The van der Waals surface area contributed by atoms with Crippen LogP contribution >= 0.6 is 0 Å². The topological polar surface area (TPSA) is 47.9 Å². The third-order valence-corrected chi connectivity index (χ3v) is 10.1. The zero-order valence-corrected chi connectivity index (χ0v) is 18.5. The van der Waals surface area contributed by atoms with Crippen LogP contribution in [0.3, 0.4) is 0 Å². The standard InChI is InChI=1S/C21H34O4Si/c1-15-13-16(11-9-10-12-22)17-14-24-26(20(2,3)4,21(5,6)7)25-19(17)18(15)23-8/h9-10,13,22H,11-12,14H2,1-8H3/b10-9+. The van der Waals surface area contributed by atoms with Gasteiger partial charge in [-0.05, 0) is 24.5 Å². The number of allylic oxidation sites excluding steroid dienone is 1. The summed E-state index contributed by atoms with van der Waals surface area (Å²) in [5, 5.41) is 8.84. The fourth-order valence-corrected chi connectivity index (χ4v) is 8.71. The Balaban J connectivity index is 2.63. The van der Waals surface area contributed by atoms with Crippen LogP contribution in [0.4, 0.5) is 0 Å². The van der Waals surface area contributed by atoms with Gasteiger partial charge in [-0.25, -0.2) is 0 Å². The van der Waals surface area contributed by atoms with E-state index < -0.39 is 8.56 Å². The molecule has 0 radical (unpaired) electrons. The maximum absolute atomic E-state index is 9.02. The summed E-state index contributed by atoms with van der Waals surface area (Å²) in [4.78, 5) is 0. The van der Waals surface area contributed by atoms with Crippen molar-refractivity contribution in [2.24, 2.45) is 0 Å².